The molecule has 1 amide bonds. The summed E-state index contributed by atoms with van der Waals surface area (Å²) in [5, 5.41) is 0.764. The van der Waals surface area contributed by atoms with Crippen molar-refractivity contribution in [3.05, 3.63) is 34.9 Å². The van der Waals surface area contributed by atoms with Crippen LogP contribution in [-0.2, 0) is 11.2 Å². The van der Waals surface area contributed by atoms with Gasteiger partial charge in [-0.25, -0.2) is 0 Å². The number of benzene rings is 1. The van der Waals surface area contributed by atoms with Crippen molar-refractivity contribution in [2.75, 3.05) is 13.1 Å². The standard InChI is InChI=1S/C18H28ClNO/c1-3-5-14-20(15-6-4-2)18(21)9-7-8-16-10-12-17(19)13-11-16/h10-13H,3-9,14-15H2,1-2H3. The molecule has 118 valence electrons. The van der Waals surface area contributed by atoms with Crippen LogP contribution >= 0.6 is 11.6 Å². The topological polar surface area (TPSA) is 20.3 Å². The van der Waals surface area contributed by atoms with Crippen molar-refractivity contribution >= 4 is 17.5 Å². The predicted octanol–water partition coefficient (Wildman–Crippen LogP) is 5.09. The lowest BCUT2D eigenvalue weighted by molar-refractivity contribution is -0.131. The monoisotopic (exact) mass is 309 g/mol. The Morgan fingerprint density at radius 1 is 1.00 bits per heavy atom. The third kappa shape index (κ3) is 7.52. The molecule has 21 heavy (non-hydrogen) atoms. The molecule has 0 aliphatic rings. The summed E-state index contributed by atoms with van der Waals surface area (Å²) in [6, 6.07) is 7.90. The second kappa shape index (κ2) is 10.7. The first-order chi connectivity index (χ1) is 10.2. The molecule has 2 nitrogen and oxygen atoms in total. The molecule has 0 aliphatic heterocycles. The number of unbranched alkanes of at least 4 members (excludes halogenated alkanes) is 2. The molecule has 0 unspecified atom stereocenters. The van der Waals surface area contributed by atoms with Gasteiger partial charge in [0, 0.05) is 24.5 Å². The van der Waals surface area contributed by atoms with E-state index in [0.717, 1.165) is 56.6 Å². The molecule has 0 radical (unpaired) electrons. The summed E-state index contributed by atoms with van der Waals surface area (Å²) >= 11 is 5.87. The normalized spacial score (nSPS) is 10.6. The Morgan fingerprint density at radius 2 is 1.57 bits per heavy atom. The SMILES string of the molecule is CCCCN(CCCC)C(=O)CCCc1ccc(Cl)cc1. The van der Waals surface area contributed by atoms with Gasteiger partial charge in [0.05, 0.1) is 0 Å². The Kier molecular flexibility index (Phi) is 9.16. The quantitative estimate of drug-likeness (QED) is 0.589. The number of hydrogen-bond donors (Lipinski definition) is 0. The van der Waals surface area contributed by atoms with E-state index in [1.54, 1.807) is 0 Å². The van der Waals surface area contributed by atoms with Crippen LogP contribution in [0.5, 0.6) is 0 Å². The van der Waals surface area contributed by atoms with Crippen LogP contribution in [-0.4, -0.2) is 23.9 Å². The van der Waals surface area contributed by atoms with E-state index in [9.17, 15) is 4.79 Å². The smallest absolute Gasteiger partial charge is 0.222 e. The Morgan fingerprint density at radius 3 is 2.10 bits per heavy atom. The number of amides is 1. The van der Waals surface area contributed by atoms with Gasteiger partial charge in [0.1, 0.15) is 0 Å². The summed E-state index contributed by atoms with van der Waals surface area (Å²) in [6.07, 6.45) is 6.99. The lowest BCUT2D eigenvalue weighted by atomic mass is 10.1. The van der Waals surface area contributed by atoms with Gasteiger partial charge < -0.3 is 4.90 Å². The minimum absolute atomic E-state index is 0.311. The zero-order chi connectivity index (χ0) is 15.5. The highest BCUT2D eigenvalue weighted by atomic mass is 35.5. The zero-order valence-electron chi connectivity index (χ0n) is 13.4. The number of carbonyl (C=O) groups is 1. The van der Waals surface area contributed by atoms with Crippen LogP contribution in [0.25, 0.3) is 0 Å². The Hall–Kier alpha value is -1.02. The first-order valence-electron chi connectivity index (χ1n) is 8.19. The Bertz CT molecular complexity index is 394. The van der Waals surface area contributed by atoms with Gasteiger partial charge in [-0.1, -0.05) is 50.4 Å². The Balaban J connectivity index is 2.35. The summed E-state index contributed by atoms with van der Waals surface area (Å²) in [6.45, 7) is 6.17. The number of carbonyl (C=O) groups excluding carboxylic acids is 1. The molecule has 0 aromatic heterocycles. The summed E-state index contributed by atoms with van der Waals surface area (Å²) in [5.41, 5.74) is 1.25. The average Bonchev–Trinajstić information content (AvgIpc) is 2.49. The van der Waals surface area contributed by atoms with Crippen molar-refractivity contribution < 1.29 is 4.79 Å². The number of rotatable bonds is 10. The molecular weight excluding hydrogens is 282 g/mol. The summed E-state index contributed by atoms with van der Waals surface area (Å²) < 4.78 is 0. The minimum Gasteiger partial charge on any atom is -0.343 e. The second-order valence-electron chi connectivity index (χ2n) is 5.57. The molecule has 1 aromatic carbocycles. The average molecular weight is 310 g/mol. The van der Waals surface area contributed by atoms with Crippen LogP contribution < -0.4 is 0 Å². The van der Waals surface area contributed by atoms with Crippen molar-refractivity contribution in [1.82, 2.24) is 4.90 Å². The third-order valence-corrected chi connectivity index (χ3v) is 3.94. The van der Waals surface area contributed by atoms with Crippen molar-refractivity contribution in [2.45, 2.75) is 58.8 Å². The molecule has 0 fully saturated rings. The fraction of sp³-hybridized carbons (Fsp3) is 0.611. The first kappa shape index (κ1) is 18.0. The van der Waals surface area contributed by atoms with E-state index in [1.165, 1.54) is 5.56 Å². The van der Waals surface area contributed by atoms with Crippen LogP contribution in [0.3, 0.4) is 0 Å². The maximum Gasteiger partial charge on any atom is 0.222 e. The maximum atomic E-state index is 12.3. The minimum atomic E-state index is 0.311. The fourth-order valence-corrected chi connectivity index (χ4v) is 2.44. The lowest BCUT2D eigenvalue weighted by Gasteiger charge is -2.22. The Labute approximate surface area is 134 Å². The van der Waals surface area contributed by atoms with E-state index >= 15 is 0 Å². The molecule has 3 heteroatoms. The third-order valence-electron chi connectivity index (χ3n) is 3.69. The summed E-state index contributed by atoms with van der Waals surface area (Å²) in [7, 11) is 0. The van der Waals surface area contributed by atoms with Gasteiger partial charge in [-0.05, 0) is 43.4 Å². The molecule has 0 bridgehead atoms. The molecule has 0 spiro atoms. The zero-order valence-corrected chi connectivity index (χ0v) is 14.2. The van der Waals surface area contributed by atoms with Crippen LogP contribution in [0.4, 0.5) is 0 Å². The highest BCUT2D eigenvalue weighted by Gasteiger charge is 2.11. The van der Waals surface area contributed by atoms with E-state index in [1.807, 2.05) is 24.3 Å². The largest absolute Gasteiger partial charge is 0.343 e. The fourth-order valence-electron chi connectivity index (χ4n) is 2.31. The molecule has 0 N–H and O–H groups in total. The predicted molar refractivity (Wildman–Crippen MR) is 90.8 cm³/mol. The number of hydrogen-bond acceptors (Lipinski definition) is 1. The van der Waals surface area contributed by atoms with Gasteiger partial charge in [-0.2, -0.15) is 0 Å². The van der Waals surface area contributed by atoms with E-state index in [0.29, 0.717) is 12.3 Å². The first-order valence-corrected chi connectivity index (χ1v) is 8.57. The molecule has 0 saturated carbocycles. The molecule has 1 rings (SSSR count). The van der Waals surface area contributed by atoms with Crippen LogP contribution in [0.15, 0.2) is 24.3 Å². The van der Waals surface area contributed by atoms with Crippen molar-refractivity contribution in [3.63, 3.8) is 0 Å². The van der Waals surface area contributed by atoms with Gasteiger partial charge in [-0.15, -0.1) is 0 Å². The van der Waals surface area contributed by atoms with Gasteiger partial charge in [0.25, 0.3) is 0 Å². The van der Waals surface area contributed by atoms with Crippen molar-refractivity contribution in [3.8, 4) is 0 Å². The van der Waals surface area contributed by atoms with E-state index in [-0.39, 0.29) is 0 Å². The van der Waals surface area contributed by atoms with Gasteiger partial charge in [0.2, 0.25) is 5.91 Å². The summed E-state index contributed by atoms with van der Waals surface area (Å²) in [4.78, 5) is 14.4. The van der Waals surface area contributed by atoms with Crippen molar-refractivity contribution in [1.29, 1.82) is 0 Å². The van der Waals surface area contributed by atoms with Crippen LogP contribution in [0.2, 0.25) is 5.02 Å². The lowest BCUT2D eigenvalue weighted by Crippen LogP contribution is -2.32. The molecule has 0 heterocycles. The molecule has 0 atom stereocenters. The maximum absolute atomic E-state index is 12.3. The number of halogens is 1. The molecule has 1 aromatic rings. The van der Waals surface area contributed by atoms with Crippen LogP contribution in [0.1, 0.15) is 57.9 Å². The molecule has 0 saturated heterocycles. The highest BCUT2D eigenvalue weighted by molar-refractivity contribution is 6.30. The number of nitrogens with zero attached hydrogens (tertiary/aromatic N) is 1. The number of aryl methyl sites for hydroxylation is 1. The van der Waals surface area contributed by atoms with Crippen LogP contribution in [0, 0.1) is 0 Å². The molecular formula is C18H28ClNO. The highest BCUT2D eigenvalue weighted by Crippen LogP contribution is 2.12. The van der Waals surface area contributed by atoms with Gasteiger partial charge >= 0.3 is 0 Å². The van der Waals surface area contributed by atoms with Crippen molar-refractivity contribution in [2.24, 2.45) is 0 Å². The van der Waals surface area contributed by atoms with E-state index < -0.39 is 0 Å². The summed E-state index contributed by atoms with van der Waals surface area (Å²) in [5.74, 6) is 0.311. The van der Waals surface area contributed by atoms with E-state index in [4.69, 9.17) is 11.6 Å². The molecule has 0 aliphatic carbocycles. The second-order valence-corrected chi connectivity index (χ2v) is 6.00. The van der Waals surface area contributed by atoms with Gasteiger partial charge in [-0.3, -0.25) is 4.79 Å². The van der Waals surface area contributed by atoms with Gasteiger partial charge in [0.15, 0.2) is 0 Å². The van der Waals surface area contributed by atoms with E-state index in [2.05, 4.69) is 18.7 Å².